The number of nitrogens with zero attached hydrogens (tertiary/aromatic N) is 1. The number of carbonyl (C=O) groups excluding carboxylic acids is 1. The third-order valence-corrected chi connectivity index (χ3v) is 4.93. The molecule has 3 aromatic rings. The van der Waals surface area contributed by atoms with Crippen LogP contribution in [-0.2, 0) is 12.2 Å². The summed E-state index contributed by atoms with van der Waals surface area (Å²) in [6, 6.07) is 28.2. The molecule has 1 atom stereocenters. The highest BCUT2D eigenvalue weighted by Crippen LogP contribution is 2.42. The van der Waals surface area contributed by atoms with E-state index >= 15 is 0 Å². The van der Waals surface area contributed by atoms with E-state index in [0.717, 1.165) is 22.3 Å². The first-order valence-electron chi connectivity index (χ1n) is 8.47. The van der Waals surface area contributed by atoms with E-state index < -0.39 is 5.66 Å². The molecule has 0 aliphatic carbocycles. The quantitative estimate of drug-likeness (QED) is 0.791. The topological polar surface area (TPSA) is 32.3 Å². The molecule has 0 spiro atoms. The molecule has 3 heteroatoms. The van der Waals surface area contributed by atoms with Crippen LogP contribution in [0, 0.1) is 0 Å². The first-order valence-corrected chi connectivity index (χ1v) is 8.47. The van der Waals surface area contributed by atoms with Crippen LogP contribution >= 0.6 is 0 Å². The average Bonchev–Trinajstić information content (AvgIpc) is 2.93. The molecule has 0 saturated carbocycles. The van der Waals surface area contributed by atoms with E-state index in [2.05, 4.69) is 29.6 Å². The first-order chi connectivity index (χ1) is 12.3. The Morgan fingerprint density at radius 1 is 0.840 bits per heavy atom. The highest BCUT2D eigenvalue weighted by Gasteiger charge is 2.49. The molecule has 1 amide bonds. The Hall–Kier alpha value is -2.91. The maximum absolute atomic E-state index is 13.2. The van der Waals surface area contributed by atoms with Gasteiger partial charge in [-0.05, 0) is 24.2 Å². The largest absolute Gasteiger partial charge is 0.308 e. The zero-order valence-electron chi connectivity index (χ0n) is 14.1. The number of hydrogen-bond donors (Lipinski definition) is 1. The SMILES string of the molecule is CNC1(c2ccccc2)c2ccccc2C(=O)N1Cc1ccccc1. The van der Waals surface area contributed by atoms with E-state index in [4.69, 9.17) is 0 Å². The first kappa shape index (κ1) is 15.6. The zero-order valence-corrected chi connectivity index (χ0v) is 14.1. The maximum Gasteiger partial charge on any atom is 0.256 e. The molecule has 1 aliphatic heterocycles. The number of nitrogens with one attached hydrogen (secondary N) is 1. The fraction of sp³-hybridized carbons (Fsp3) is 0.136. The summed E-state index contributed by atoms with van der Waals surface area (Å²) >= 11 is 0. The van der Waals surface area contributed by atoms with Crippen LogP contribution in [0.4, 0.5) is 0 Å². The second-order valence-corrected chi connectivity index (χ2v) is 6.25. The minimum Gasteiger partial charge on any atom is -0.308 e. The minimum absolute atomic E-state index is 0.0534. The predicted molar refractivity (Wildman–Crippen MR) is 99.0 cm³/mol. The minimum atomic E-state index is -0.662. The Labute approximate surface area is 147 Å². The van der Waals surface area contributed by atoms with Crippen LogP contribution in [0.5, 0.6) is 0 Å². The summed E-state index contributed by atoms with van der Waals surface area (Å²) in [5, 5.41) is 3.46. The Bertz CT molecular complexity index is 892. The summed E-state index contributed by atoms with van der Waals surface area (Å²) in [7, 11) is 1.92. The summed E-state index contributed by atoms with van der Waals surface area (Å²) in [5.74, 6) is 0.0534. The van der Waals surface area contributed by atoms with Gasteiger partial charge in [0.25, 0.3) is 5.91 Å². The van der Waals surface area contributed by atoms with Crippen LogP contribution in [-0.4, -0.2) is 17.9 Å². The summed E-state index contributed by atoms with van der Waals surface area (Å²) in [6.45, 7) is 0.546. The molecule has 0 radical (unpaired) electrons. The second-order valence-electron chi connectivity index (χ2n) is 6.25. The van der Waals surface area contributed by atoms with Gasteiger partial charge in [-0.25, -0.2) is 0 Å². The second kappa shape index (κ2) is 6.19. The van der Waals surface area contributed by atoms with Crippen molar-refractivity contribution in [1.29, 1.82) is 0 Å². The number of amides is 1. The number of carbonyl (C=O) groups is 1. The Balaban J connectivity index is 1.91. The van der Waals surface area contributed by atoms with Crippen LogP contribution < -0.4 is 5.32 Å². The fourth-order valence-electron chi connectivity index (χ4n) is 3.79. The van der Waals surface area contributed by atoms with Crippen LogP contribution in [0.15, 0.2) is 84.9 Å². The lowest BCUT2D eigenvalue weighted by Crippen LogP contribution is -2.53. The number of benzene rings is 3. The van der Waals surface area contributed by atoms with Gasteiger partial charge < -0.3 is 4.90 Å². The smallest absolute Gasteiger partial charge is 0.256 e. The van der Waals surface area contributed by atoms with Crippen molar-refractivity contribution in [3.05, 3.63) is 107 Å². The van der Waals surface area contributed by atoms with Crippen molar-refractivity contribution in [2.75, 3.05) is 7.05 Å². The van der Waals surface area contributed by atoms with Gasteiger partial charge in [-0.2, -0.15) is 0 Å². The van der Waals surface area contributed by atoms with Crippen LogP contribution in [0.25, 0.3) is 0 Å². The van der Waals surface area contributed by atoms with Crippen molar-refractivity contribution in [2.45, 2.75) is 12.2 Å². The zero-order chi connectivity index (χ0) is 17.3. The van der Waals surface area contributed by atoms with Gasteiger partial charge in [0.2, 0.25) is 0 Å². The van der Waals surface area contributed by atoms with Gasteiger partial charge in [0, 0.05) is 17.7 Å². The standard InChI is InChI=1S/C22H20N2O/c1-23-22(18-12-6-3-7-13-18)20-15-9-8-14-19(20)21(25)24(22)16-17-10-4-2-5-11-17/h2-15,23H,16H2,1H3. The van der Waals surface area contributed by atoms with Gasteiger partial charge in [0.1, 0.15) is 5.66 Å². The van der Waals surface area contributed by atoms with E-state index in [1.807, 2.05) is 72.6 Å². The van der Waals surface area contributed by atoms with Crippen LogP contribution in [0.1, 0.15) is 27.0 Å². The number of rotatable bonds is 4. The van der Waals surface area contributed by atoms with Gasteiger partial charge in [-0.1, -0.05) is 78.9 Å². The molecule has 0 fully saturated rings. The highest BCUT2D eigenvalue weighted by molar-refractivity contribution is 6.00. The van der Waals surface area contributed by atoms with Gasteiger partial charge in [0.15, 0.2) is 0 Å². The molecular formula is C22H20N2O. The molecule has 1 N–H and O–H groups in total. The van der Waals surface area contributed by atoms with Crippen molar-refractivity contribution in [1.82, 2.24) is 10.2 Å². The van der Waals surface area contributed by atoms with Crippen molar-refractivity contribution in [3.8, 4) is 0 Å². The van der Waals surface area contributed by atoms with E-state index in [0.29, 0.717) is 6.54 Å². The predicted octanol–water partition coefficient (Wildman–Crippen LogP) is 3.76. The molecule has 25 heavy (non-hydrogen) atoms. The van der Waals surface area contributed by atoms with Crippen molar-refractivity contribution in [2.24, 2.45) is 0 Å². The molecule has 1 aliphatic rings. The van der Waals surface area contributed by atoms with Crippen molar-refractivity contribution >= 4 is 5.91 Å². The molecule has 1 unspecified atom stereocenters. The third kappa shape index (κ3) is 2.36. The van der Waals surface area contributed by atoms with Crippen LogP contribution in [0.3, 0.4) is 0 Å². The molecular weight excluding hydrogens is 308 g/mol. The summed E-state index contributed by atoms with van der Waals surface area (Å²) < 4.78 is 0. The summed E-state index contributed by atoms with van der Waals surface area (Å²) in [6.07, 6.45) is 0. The van der Waals surface area contributed by atoms with Gasteiger partial charge in [-0.15, -0.1) is 0 Å². The van der Waals surface area contributed by atoms with E-state index in [1.54, 1.807) is 0 Å². The summed E-state index contributed by atoms with van der Waals surface area (Å²) in [4.78, 5) is 15.2. The molecule has 4 rings (SSSR count). The van der Waals surface area contributed by atoms with E-state index in [9.17, 15) is 4.79 Å². The normalized spacial score (nSPS) is 19.1. The molecule has 1 heterocycles. The van der Waals surface area contributed by atoms with E-state index in [1.165, 1.54) is 0 Å². The average molecular weight is 328 g/mol. The monoisotopic (exact) mass is 328 g/mol. The summed E-state index contributed by atoms with van der Waals surface area (Å²) in [5.41, 5.74) is 3.28. The molecule has 3 nitrogen and oxygen atoms in total. The lowest BCUT2D eigenvalue weighted by Gasteiger charge is -2.39. The van der Waals surface area contributed by atoms with E-state index in [-0.39, 0.29) is 5.91 Å². The fourth-order valence-corrected chi connectivity index (χ4v) is 3.79. The molecule has 0 saturated heterocycles. The highest BCUT2D eigenvalue weighted by atomic mass is 16.2. The maximum atomic E-state index is 13.2. The lowest BCUT2D eigenvalue weighted by atomic mass is 9.90. The van der Waals surface area contributed by atoms with Crippen LogP contribution in [0.2, 0.25) is 0 Å². The van der Waals surface area contributed by atoms with Crippen molar-refractivity contribution in [3.63, 3.8) is 0 Å². The molecule has 3 aromatic carbocycles. The van der Waals surface area contributed by atoms with Gasteiger partial charge in [-0.3, -0.25) is 10.1 Å². The van der Waals surface area contributed by atoms with Gasteiger partial charge in [0.05, 0.1) is 0 Å². The Morgan fingerprint density at radius 3 is 2.12 bits per heavy atom. The lowest BCUT2D eigenvalue weighted by molar-refractivity contribution is 0.0544. The number of hydrogen-bond acceptors (Lipinski definition) is 2. The molecule has 124 valence electrons. The van der Waals surface area contributed by atoms with Crippen molar-refractivity contribution < 1.29 is 4.79 Å². The molecule has 0 bridgehead atoms. The third-order valence-electron chi connectivity index (χ3n) is 4.93. The Morgan fingerprint density at radius 2 is 1.44 bits per heavy atom. The van der Waals surface area contributed by atoms with Gasteiger partial charge >= 0.3 is 0 Å². The molecule has 0 aromatic heterocycles. The number of fused-ring (bicyclic) bond motifs is 1. The Kier molecular flexibility index (Phi) is 3.86.